The van der Waals surface area contributed by atoms with Gasteiger partial charge in [-0.2, -0.15) is 0 Å². The van der Waals surface area contributed by atoms with Gasteiger partial charge < -0.3 is 42.3 Å². The van der Waals surface area contributed by atoms with Gasteiger partial charge in [0.2, 0.25) is 11.8 Å². The van der Waals surface area contributed by atoms with E-state index in [0.717, 1.165) is 5.57 Å². The van der Waals surface area contributed by atoms with Gasteiger partial charge in [0, 0.05) is 26.1 Å². The fourth-order valence-corrected chi connectivity index (χ4v) is 2.74. The molecule has 0 fully saturated rings. The van der Waals surface area contributed by atoms with E-state index in [4.69, 9.17) is 27.1 Å². The van der Waals surface area contributed by atoms with E-state index in [1.54, 1.807) is 4.90 Å². The van der Waals surface area contributed by atoms with Crippen molar-refractivity contribution in [2.75, 3.05) is 19.6 Å². The first-order valence-corrected chi connectivity index (χ1v) is 9.26. The zero-order valence-corrected chi connectivity index (χ0v) is 16.3. The number of hydrogen-bond acceptors (Lipinski definition) is 7. The minimum Gasteiger partial charge on any atom is -0.480 e. The summed E-state index contributed by atoms with van der Waals surface area (Å²) in [6.07, 6.45) is 0.553. The number of carboxylic acid groups (broad SMARTS) is 2. The molecule has 168 valence electrons. The summed E-state index contributed by atoms with van der Waals surface area (Å²) < 4.78 is 0. The third kappa shape index (κ3) is 8.05. The molecule has 1 heterocycles. The van der Waals surface area contributed by atoms with Crippen molar-refractivity contribution >= 4 is 29.7 Å². The second-order valence-electron chi connectivity index (χ2n) is 6.85. The van der Waals surface area contributed by atoms with Crippen LogP contribution in [0, 0.1) is 5.41 Å². The van der Waals surface area contributed by atoms with Crippen LogP contribution >= 0.6 is 0 Å². The van der Waals surface area contributed by atoms with Gasteiger partial charge in [-0.1, -0.05) is 11.6 Å². The van der Waals surface area contributed by atoms with Gasteiger partial charge in [0.15, 0.2) is 18.1 Å². The summed E-state index contributed by atoms with van der Waals surface area (Å²) in [7, 11) is 0. The standard InChI is InChI=1S/C17H28N6O7/c18-10(7-9-4-6-23(8-9)17(19)20)14(26)21-5-2-1-3-11(24)22-12(15(27)28)13(25)16(29)30/h4,10,12-13,25H,1-3,5-8,18H2,(H3,19,20)(H,21,26)(H,22,24)(H,27,28)(H,29,30). The van der Waals surface area contributed by atoms with Crippen molar-refractivity contribution in [3.05, 3.63) is 11.6 Å². The van der Waals surface area contributed by atoms with Crippen LogP contribution < -0.4 is 22.1 Å². The lowest BCUT2D eigenvalue weighted by Crippen LogP contribution is -2.51. The fourth-order valence-electron chi connectivity index (χ4n) is 2.74. The minimum absolute atomic E-state index is 0.0459. The highest BCUT2D eigenvalue weighted by Gasteiger charge is 2.33. The topological polar surface area (TPSA) is 232 Å². The van der Waals surface area contributed by atoms with Crippen LogP contribution in [0.5, 0.6) is 0 Å². The molecular weight excluding hydrogens is 400 g/mol. The molecule has 0 saturated carbocycles. The number of carboxylic acids is 2. The summed E-state index contributed by atoms with van der Waals surface area (Å²) in [4.78, 5) is 47.0. The Morgan fingerprint density at radius 3 is 2.40 bits per heavy atom. The molecule has 0 saturated heterocycles. The van der Waals surface area contributed by atoms with E-state index in [2.05, 4.69) is 5.32 Å². The average molecular weight is 428 g/mol. The van der Waals surface area contributed by atoms with Crippen molar-refractivity contribution in [1.29, 1.82) is 5.41 Å². The predicted octanol–water partition coefficient (Wildman–Crippen LogP) is -2.86. The average Bonchev–Trinajstić information content (AvgIpc) is 3.13. The number of carbonyl (C=O) groups excluding carboxylic acids is 2. The predicted molar refractivity (Wildman–Crippen MR) is 104 cm³/mol. The number of nitrogens with zero attached hydrogens (tertiary/aromatic N) is 1. The summed E-state index contributed by atoms with van der Waals surface area (Å²) in [6.45, 7) is 1.21. The number of nitrogens with two attached hydrogens (primary N) is 2. The van der Waals surface area contributed by atoms with Gasteiger partial charge >= 0.3 is 11.9 Å². The summed E-state index contributed by atoms with van der Waals surface area (Å²) in [6, 6.07) is -2.71. The van der Waals surface area contributed by atoms with E-state index in [9.17, 15) is 24.3 Å². The number of aliphatic carboxylic acids is 2. The molecule has 0 radical (unpaired) electrons. The number of amides is 2. The van der Waals surface area contributed by atoms with Crippen molar-refractivity contribution in [1.82, 2.24) is 15.5 Å². The van der Waals surface area contributed by atoms with Gasteiger partial charge in [0.25, 0.3) is 0 Å². The number of rotatable bonds is 12. The molecule has 2 amide bonds. The molecule has 13 nitrogen and oxygen atoms in total. The van der Waals surface area contributed by atoms with Crippen LogP contribution in [0.15, 0.2) is 11.6 Å². The molecule has 1 aliphatic rings. The molecular formula is C17H28N6O7. The lowest BCUT2D eigenvalue weighted by atomic mass is 10.1. The number of carbonyl (C=O) groups is 4. The molecule has 3 unspecified atom stereocenters. The van der Waals surface area contributed by atoms with E-state index >= 15 is 0 Å². The van der Waals surface area contributed by atoms with Crippen molar-refractivity contribution < 1.29 is 34.5 Å². The maximum Gasteiger partial charge on any atom is 0.335 e. The van der Waals surface area contributed by atoms with Gasteiger partial charge in [-0.15, -0.1) is 0 Å². The Morgan fingerprint density at radius 1 is 1.20 bits per heavy atom. The number of hydrogen-bond donors (Lipinski definition) is 8. The molecule has 10 N–H and O–H groups in total. The van der Waals surface area contributed by atoms with E-state index in [1.165, 1.54) is 0 Å². The Kier molecular flexibility index (Phi) is 9.71. The van der Waals surface area contributed by atoms with Gasteiger partial charge in [-0.3, -0.25) is 15.0 Å². The molecule has 0 aliphatic carbocycles. The quantitative estimate of drug-likeness (QED) is 0.0685. The van der Waals surface area contributed by atoms with Crippen molar-refractivity contribution in [3.63, 3.8) is 0 Å². The molecule has 13 heteroatoms. The van der Waals surface area contributed by atoms with Crippen LogP contribution in [-0.2, 0) is 19.2 Å². The molecule has 0 aromatic rings. The Morgan fingerprint density at radius 2 is 1.87 bits per heavy atom. The van der Waals surface area contributed by atoms with E-state index in [0.29, 0.717) is 32.4 Å². The molecule has 1 rings (SSSR count). The highest BCUT2D eigenvalue weighted by atomic mass is 16.4. The van der Waals surface area contributed by atoms with Gasteiger partial charge in [-0.25, -0.2) is 9.59 Å². The zero-order valence-electron chi connectivity index (χ0n) is 16.3. The van der Waals surface area contributed by atoms with E-state index in [1.807, 2.05) is 11.4 Å². The largest absolute Gasteiger partial charge is 0.480 e. The van der Waals surface area contributed by atoms with Crippen molar-refractivity contribution in [3.8, 4) is 0 Å². The summed E-state index contributed by atoms with van der Waals surface area (Å²) in [5, 5.41) is 38.8. The zero-order chi connectivity index (χ0) is 22.8. The van der Waals surface area contributed by atoms with Crippen LogP contribution in [0.2, 0.25) is 0 Å². The smallest absolute Gasteiger partial charge is 0.335 e. The van der Waals surface area contributed by atoms with Crippen LogP contribution in [0.25, 0.3) is 0 Å². The van der Waals surface area contributed by atoms with Crippen LogP contribution in [-0.4, -0.2) is 87.8 Å². The molecule has 0 spiro atoms. The Balaban J connectivity index is 2.25. The highest BCUT2D eigenvalue weighted by molar-refractivity contribution is 5.89. The van der Waals surface area contributed by atoms with Crippen LogP contribution in [0.4, 0.5) is 0 Å². The third-order valence-corrected chi connectivity index (χ3v) is 4.44. The van der Waals surface area contributed by atoms with Crippen LogP contribution in [0.3, 0.4) is 0 Å². The fraction of sp³-hybridized carbons (Fsp3) is 0.588. The third-order valence-electron chi connectivity index (χ3n) is 4.44. The molecule has 0 bridgehead atoms. The number of nitrogens with one attached hydrogen (secondary N) is 3. The lowest BCUT2D eigenvalue weighted by Gasteiger charge is -2.17. The number of guanidine groups is 1. The Bertz CT molecular complexity index is 711. The SMILES string of the molecule is N=C(N)N1CC=C(CC(N)C(=O)NCCCCC(=O)NC(C(=O)O)C(O)C(=O)O)C1. The Labute approximate surface area is 172 Å². The molecule has 3 atom stereocenters. The first-order chi connectivity index (χ1) is 14.0. The van der Waals surface area contributed by atoms with E-state index < -0.39 is 36.0 Å². The monoisotopic (exact) mass is 428 g/mol. The molecule has 0 aromatic carbocycles. The summed E-state index contributed by atoms with van der Waals surface area (Å²) >= 11 is 0. The molecule has 1 aliphatic heterocycles. The maximum atomic E-state index is 12.0. The van der Waals surface area contributed by atoms with Crippen LogP contribution in [0.1, 0.15) is 25.7 Å². The van der Waals surface area contributed by atoms with Gasteiger partial charge in [-0.05, 0) is 19.3 Å². The lowest BCUT2D eigenvalue weighted by molar-refractivity contribution is -0.157. The number of unbranched alkanes of at least 4 members (excludes halogenated alkanes) is 1. The minimum atomic E-state index is -2.26. The molecule has 30 heavy (non-hydrogen) atoms. The van der Waals surface area contributed by atoms with E-state index in [-0.39, 0.29) is 24.8 Å². The first kappa shape index (κ1) is 24.8. The van der Waals surface area contributed by atoms with Gasteiger partial charge in [0.1, 0.15) is 0 Å². The van der Waals surface area contributed by atoms with Crippen molar-refractivity contribution in [2.45, 2.75) is 43.9 Å². The summed E-state index contributed by atoms with van der Waals surface area (Å²) in [5.74, 6) is -4.56. The van der Waals surface area contributed by atoms with Gasteiger partial charge in [0.05, 0.1) is 6.04 Å². The second-order valence-corrected chi connectivity index (χ2v) is 6.85. The van der Waals surface area contributed by atoms with Crippen molar-refractivity contribution in [2.24, 2.45) is 11.5 Å². The highest BCUT2D eigenvalue weighted by Crippen LogP contribution is 2.13. The second kappa shape index (κ2) is 11.7. The number of aliphatic hydroxyl groups is 1. The summed E-state index contributed by atoms with van der Waals surface area (Å²) in [5.41, 5.74) is 12.2. The molecule has 0 aromatic heterocycles. The number of aliphatic hydroxyl groups excluding tert-OH is 1. The first-order valence-electron chi connectivity index (χ1n) is 9.26. The maximum absolute atomic E-state index is 12.0. The Hall–Kier alpha value is -3.19. The normalized spacial score (nSPS) is 16.2.